The smallest absolute Gasteiger partial charge is 0.298 e. The first-order valence-corrected chi connectivity index (χ1v) is 3.65. The summed E-state index contributed by atoms with van der Waals surface area (Å²) in [7, 11) is 0. The molecule has 0 aliphatic rings. The number of alkyl halides is 3. The first-order valence-electron chi connectivity index (χ1n) is 3.27. The molecular formula is C8H4ClF3O. The summed E-state index contributed by atoms with van der Waals surface area (Å²) in [6.45, 7) is 0. The molecule has 0 unspecified atom stereocenters. The van der Waals surface area contributed by atoms with Crippen LogP contribution in [0.15, 0.2) is 18.2 Å². The lowest BCUT2D eigenvalue weighted by Crippen LogP contribution is -2.05. The number of hydrogen-bond donors (Lipinski definition) is 0. The molecule has 5 heteroatoms. The summed E-state index contributed by atoms with van der Waals surface area (Å²) in [5.41, 5.74) is -0.808. The molecule has 0 saturated heterocycles. The number of carbonyl (C=O) groups is 1. The number of benzene rings is 1. The average molecular weight is 209 g/mol. The van der Waals surface area contributed by atoms with Crippen molar-refractivity contribution < 1.29 is 18.0 Å². The fourth-order valence-corrected chi connectivity index (χ4v) is 1.13. The van der Waals surface area contributed by atoms with Crippen LogP contribution >= 0.6 is 11.6 Å². The minimum absolute atomic E-state index is 0.123. The van der Waals surface area contributed by atoms with E-state index in [-0.39, 0.29) is 5.56 Å². The van der Waals surface area contributed by atoms with Crippen molar-refractivity contribution in [2.75, 3.05) is 0 Å². The highest BCUT2D eigenvalue weighted by atomic mass is 35.5. The molecule has 0 aliphatic heterocycles. The van der Waals surface area contributed by atoms with Crippen molar-refractivity contribution in [2.24, 2.45) is 0 Å². The van der Waals surface area contributed by atoms with Crippen molar-refractivity contribution >= 4 is 17.9 Å². The van der Waals surface area contributed by atoms with Gasteiger partial charge in [0.05, 0.1) is 10.6 Å². The Labute approximate surface area is 77.1 Å². The van der Waals surface area contributed by atoms with Gasteiger partial charge in [0.15, 0.2) is 0 Å². The largest absolute Gasteiger partial charge is 0.417 e. The van der Waals surface area contributed by atoms with E-state index >= 15 is 0 Å². The third-order valence-electron chi connectivity index (χ3n) is 1.43. The Kier molecular flexibility index (Phi) is 2.61. The monoisotopic (exact) mass is 208 g/mol. The highest BCUT2D eigenvalue weighted by Gasteiger charge is 2.32. The molecule has 0 radical (unpaired) electrons. The second-order valence-corrected chi connectivity index (χ2v) is 2.76. The molecule has 0 bridgehead atoms. The molecule has 0 fully saturated rings. The number of hydrogen-bond acceptors (Lipinski definition) is 1. The van der Waals surface area contributed by atoms with E-state index in [4.69, 9.17) is 11.6 Å². The number of aldehydes is 1. The van der Waals surface area contributed by atoms with Crippen LogP contribution < -0.4 is 0 Å². The fourth-order valence-electron chi connectivity index (χ4n) is 0.835. The normalized spacial score (nSPS) is 11.4. The lowest BCUT2D eigenvalue weighted by molar-refractivity contribution is -0.137. The van der Waals surface area contributed by atoms with Gasteiger partial charge in [-0.15, -0.1) is 0 Å². The number of halogens is 4. The maximum atomic E-state index is 12.1. The van der Waals surface area contributed by atoms with Gasteiger partial charge >= 0.3 is 6.18 Å². The van der Waals surface area contributed by atoms with Crippen molar-refractivity contribution in [2.45, 2.75) is 6.18 Å². The molecule has 0 amide bonds. The van der Waals surface area contributed by atoms with E-state index in [0.29, 0.717) is 6.29 Å². The molecule has 0 atom stereocenters. The topological polar surface area (TPSA) is 17.1 Å². The van der Waals surface area contributed by atoms with E-state index in [9.17, 15) is 18.0 Å². The quantitative estimate of drug-likeness (QED) is 0.648. The van der Waals surface area contributed by atoms with Gasteiger partial charge in [0.2, 0.25) is 0 Å². The average Bonchev–Trinajstić information content (AvgIpc) is 2.01. The predicted octanol–water partition coefficient (Wildman–Crippen LogP) is 3.17. The van der Waals surface area contributed by atoms with Gasteiger partial charge in [-0.2, -0.15) is 13.2 Å². The van der Waals surface area contributed by atoms with Crippen molar-refractivity contribution in [3.8, 4) is 0 Å². The van der Waals surface area contributed by atoms with E-state index in [1.807, 2.05) is 0 Å². The SMILES string of the molecule is O=Cc1ccc(C(F)(F)F)c(Cl)c1. The summed E-state index contributed by atoms with van der Waals surface area (Å²) in [6.07, 6.45) is -4.04. The van der Waals surface area contributed by atoms with Crippen molar-refractivity contribution in [3.63, 3.8) is 0 Å². The van der Waals surface area contributed by atoms with Gasteiger partial charge in [-0.05, 0) is 12.1 Å². The van der Waals surface area contributed by atoms with Gasteiger partial charge in [0, 0.05) is 5.56 Å². The van der Waals surface area contributed by atoms with E-state index in [2.05, 4.69) is 0 Å². The summed E-state index contributed by atoms with van der Waals surface area (Å²) < 4.78 is 36.3. The molecule has 1 nitrogen and oxygen atoms in total. The van der Waals surface area contributed by atoms with Gasteiger partial charge in [0.25, 0.3) is 0 Å². The molecule has 0 aliphatic carbocycles. The van der Waals surface area contributed by atoms with Crippen LogP contribution in [0.5, 0.6) is 0 Å². The Hall–Kier alpha value is -1.03. The first kappa shape index (κ1) is 10.1. The highest BCUT2D eigenvalue weighted by molar-refractivity contribution is 6.31. The van der Waals surface area contributed by atoms with Crippen LogP contribution in [0.4, 0.5) is 13.2 Å². The molecule has 1 aromatic carbocycles. The van der Waals surface area contributed by atoms with Crippen LogP contribution in [-0.4, -0.2) is 6.29 Å². The van der Waals surface area contributed by atoms with Crippen molar-refractivity contribution in [1.29, 1.82) is 0 Å². The number of rotatable bonds is 1. The van der Waals surface area contributed by atoms with E-state index < -0.39 is 16.8 Å². The first-order chi connectivity index (χ1) is 5.95. The maximum absolute atomic E-state index is 12.1. The van der Waals surface area contributed by atoms with Gasteiger partial charge in [-0.1, -0.05) is 17.7 Å². The molecule has 70 valence electrons. The summed E-state index contributed by atoms with van der Waals surface area (Å²) in [5, 5.41) is -0.461. The van der Waals surface area contributed by atoms with Crippen LogP contribution in [0.2, 0.25) is 5.02 Å². The van der Waals surface area contributed by atoms with Crippen LogP contribution in [0, 0.1) is 0 Å². The van der Waals surface area contributed by atoms with Crippen molar-refractivity contribution in [1.82, 2.24) is 0 Å². The maximum Gasteiger partial charge on any atom is 0.417 e. The third kappa shape index (κ3) is 2.21. The Balaban J connectivity index is 3.20. The molecule has 0 heterocycles. The third-order valence-corrected chi connectivity index (χ3v) is 1.75. The minimum Gasteiger partial charge on any atom is -0.298 e. The van der Waals surface area contributed by atoms with E-state index in [1.165, 1.54) is 0 Å². The summed E-state index contributed by atoms with van der Waals surface area (Å²) in [5.74, 6) is 0. The molecule has 0 N–H and O–H groups in total. The van der Waals surface area contributed by atoms with Crippen LogP contribution in [0.1, 0.15) is 15.9 Å². The van der Waals surface area contributed by atoms with Gasteiger partial charge in [-0.3, -0.25) is 4.79 Å². The predicted molar refractivity (Wildman–Crippen MR) is 41.8 cm³/mol. The van der Waals surface area contributed by atoms with Gasteiger partial charge in [-0.25, -0.2) is 0 Å². The standard InChI is InChI=1S/C8H4ClF3O/c9-7-3-5(4-13)1-2-6(7)8(10,11)12/h1-4H. The number of carbonyl (C=O) groups excluding carboxylic acids is 1. The minimum atomic E-state index is -4.47. The van der Waals surface area contributed by atoms with E-state index in [0.717, 1.165) is 18.2 Å². The van der Waals surface area contributed by atoms with E-state index in [1.54, 1.807) is 0 Å². The zero-order valence-electron chi connectivity index (χ0n) is 6.23. The van der Waals surface area contributed by atoms with Crippen LogP contribution in [-0.2, 0) is 6.18 Å². The second-order valence-electron chi connectivity index (χ2n) is 2.35. The lowest BCUT2D eigenvalue weighted by atomic mass is 10.1. The molecule has 1 rings (SSSR count). The van der Waals surface area contributed by atoms with Crippen LogP contribution in [0.3, 0.4) is 0 Å². The molecule has 0 saturated carbocycles. The fraction of sp³-hybridized carbons (Fsp3) is 0.125. The molecule has 13 heavy (non-hydrogen) atoms. The molecule has 0 spiro atoms. The Morgan fingerprint density at radius 2 is 1.92 bits per heavy atom. The van der Waals surface area contributed by atoms with Gasteiger partial charge < -0.3 is 0 Å². The molecule has 1 aromatic rings. The Morgan fingerprint density at radius 3 is 2.31 bits per heavy atom. The molecular weight excluding hydrogens is 205 g/mol. The summed E-state index contributed by atoms with van der Waals surface area (Å²) in [4.78, 5) is 10.2. The summed E-state index contributed by atoms with van der Waals surface area (Å²) >= 11 is 5.31. The second kappa shape index (κ2) is 3.38. The Bertz CT molecular complexity index is 333. The lowest BCUT2D eigenvalue weighted by Gasteiger charge is -2.08. The Morgan fingerprint density at radius 1 is 1.31 bits per heavy atom. The van der Waals surface area contributed by atoms with Crippen molar-refractivity contribution in [3.05, 3.63) is 34.3 Å². The zero-order valence-corrected chi connectivity index (χ0v) is 6.99. The summed E-state index contributed by atoms with van der Waals surface area (Å²) in [6, 6.07) is 2.84. The van der Waals surface area contributed by atoms with Crippen LogP contribution in [0.25, 0.3) is 0 Å². The zero-order chi connectivity index (χ0) is 10.1. The van der Waals surface area contributed by atoms with Gasteiger partial charge in [0.1, 0.15) is 6.29 Å². The highest BCUT2D eigenvalue weighted by Crippen LogP contribution is 2.34. The molecule has 0 aromatic heterocycles.